The van der Waals surface area contributed by atoms with Gasteiger partial charge < -0.3 is 4.74 Å². The van der Waals surface area contributed by atoms with Crippen LogP contribution in [-0.2, 0) is 0 Å². The van der Waals surface area contributed by atoms with Crippen LogP contribution in [0.1, 0.15) is 36.6 Å². The molecule has 0 spiro atoms. The third-order valence-corrected chi connectivity index (χ3v) is 3.75. The number of hydrogen-bond acceptors (Lipinski definition) is 1. The van der Waals surface area contributed by atoms with E-state index < -0.39 is 0 Å². The average molecular weight is 289 g/mol. The predicted molar refractivity (Wildman–Crippen MR) is 85.4 cm³/mol. The maximum absolute atomic E-state index is 6.38. The van der Waals surface area contributed by atoms with E-state index in [2.05, 4.69) is 12.1 Å². The number of ether oxygens (including phenoxy) is 1. The van der Waals surface area contributed by atoms with Crippen LogP contribution in [0.15, 0.2) is 60.7 Å². The molecule has 106 valence electrons. The van der Waals surface area contributed by atoms with Crippen LogP contribution >= 0.6 is 11.6 Å². The maximum atomic E-state index is 6.38. The van der Waals surface area contributed by atoms with Crippen LogP contribution in [0.25, 0.3) is 0 Å². The molecule has 0 bridgehead atoms. The molecule has 2 aromatic carbocycles. The highest BCUT2D eigenvalue weighted by atomic mass is 35.5. The predicted octanol–water partition coefficient (Wildman–Crippen LogP) is 5.61. The maximum Gasteiger partial charge on any atom is 0.119 e. The summed E-state index contributed by atoms with van der Waals surface area (Å²) in [5, 5.41) is 0.131. The Kier molecular flexibility index (Phi) is 6.46. The number of halogens is 1. The molecule has 0 aliphatic carbocycles. The van der Waals surface area contributed by atoms with Gasteiger partial charge >= 0.3 is 0 Å². The van der Waals surface area contributed by atoms with Crippen LogP contribution in [-0.4, -0.2) is 6.61 Å². The molecule has 20 heavy (non-hydrogen) atoms. The summed E-state index contributed by atoms with van der Waals surface area (Å²) in [6.45, 7) is 0.780. The first kappa shape index (κ1) is 14.9. The summed E-state index contributed by atoms with van der Waals surface area (Å²) in [4.78, 5) is 0. The lowest BCUT2D eigenvalue weighted by Crippen LogP contribution is -1.97. The molecule has 0 saturated heterocycles. The lowest BCUT2D eigenvalue weighted by atomic mass is 10.1. The van der Waals surface area contributed by atoms with Crippen molar-refractivity contribution in [3.8, 4) is 5.75 Å². The number of benzene rings is 2. The van der Waals surface area contributed by atoms with E-state index in [1.54, 1.807) is 0 Å². The highest BCUT2D eigenvalue weighted by Gasteiger charge is 2.06. The van der Waals surface area contributed by atoms with Crippen molar-refractivity contribution in [3.05, 3.63) is 66.2 Å². The van der Waals surface area contributed by atoms with Gasteiger partial charge in [0, 0.05) is 0 Å². The van der Waals surface area contributed by atoms with Crippen molar-refractivity contribution >= 4 is 11.6 Å². The fourth-order valence-corrected chi connectivity index (χ4v) is 2.44. The topological polar surface area (TPSA) is 9.23 Å². The van der Waals surface area contributed by atoms with Crippen molar-refractivity contribution in [1.82, 2.24) is 0 Å². The molecule has 2 heteroatoms. The monoisotopic (exact) mass is 288 g/mol. The van der Waals surface area contributed by atoms with Gasteiger partial charge in [-0.05, 0) is 30.5 Å². The van der Waals surface area contributed by atoms with Gasteiger partial charge in [0.2, 0.25) is 0 Å². The first-order valence-corrected chi connectivity index (χ1v) is 7.67. The largest absolute Gasteiger partial charge is 0.494 e. The third-order valence-electron chi connectivity index (χ3n) is 3.28. The van der Waals surface area contributed by atoms with Crippen LogP contribution in [0.2, 0.25) is 0 Å². The number of alkyl halides is 1. The van der Waals surface area contributed by atoms with Gasteiger partial charge in [0.1, 0.15) is 5.75 Å². The van der Waals surface area contributed by atoms with Gasteiger partial charge in [0.25, 0.3) is 0 Å². The minimum atomic E-state index is 0.131. The van der Waals surface area contributed by atoms with Gasteiger partial charge in [-0.25, -0.2) is 0 Å². The second kappa shape index (κ2) is 8.65. The summed E-state index contributed by atoms with van der Waals surface area (Å²) in [5.41, 5.74) is 1.22. The summed E-state index contributed by atoms with van der Waals surface area (Å²) >= 11 is 6.38. The Hall–Kier alpha value is -1.47. The van der Waals surface area contributed by atoms with Crippen LogP contribution in [0.3, 0.4) is 0 Å². The zero-order valence-corrected chi connectivity index (χ0v) is 12.4. The van der Waals surface area contributed by atoms with Gasteiger partial charge in [-0.15, -0.1) is 11.6 Å². The highest BCUT2D eigenvalue weighted by molar-refractivity contribution is 6.20. The minimum absolute atomic E-state index is 0.131. The van der Waals surface area contributed by atoms with Gasteiger partial charge in [-0.3, -0.25) is 0 Å². The molecule has 2 aromatic rings. The molecule has 0 aliphatic heterocycles. The Morgan fingerprint density at radius 3 is 2.15 bits per heavy atom. The Morgan fingerprint density at radius 2 is 1.45 bits per heavy atom. The lowest BCUT2D eigenvalue weighted by Gasteiger charge is -2.10. The van der Waals surface area contributed by atoms with Gasteiger partial charge in [0.15, 0.2) is 0 Å². The first-order chi connectivity index (χ1) is 9.86. The highest BCUT2D eigenvalue weighted by Crippen LogP contribution is 2.26. The standard InChI is InChI=1S/C18H21ClO/c19-18(16-10-4-1-5-11-16)14-8-3-9-15-20-17-12-6-2-7-13-17/h1-2,4-7,10-13,18H,3,8-9,14-15H2. The van der Waals surface area contributed by atoms with E-state index in [0.29, 0.717) is 0 Å². The average Bonchev–Trinajstić information content (AvgIpc) is 2.52. The molecule has 1 unspecified atom stereocenters. The van der Waals surface area contributed by atoms with E-state index in [0.717, 1.165) is 38.0 Å². The zero-order chi connectivity index (χ0) is 14.0. The van der Waals surface area contributed by atoms with Crippen molar-refractivity contribution in [3.63, 3.8) is 0 Å². The van der Waals surface area contributed by atoms with Crippen molar-refractivity contribution in [2.75, 3.05) is 6.61 Å². The first-order valence-electron chi connectivity index (χ1n) is 7.23. The molecule has 0 N–H and O–H groups in total. The van der Waals surface area contributed by atoms with Crippen molar-refractivity contribution in [2.24, 2.45) is 0 Å². The second-order valence-corrected chi connectivity index (χ2v) is 5.42. The van der Waals surface area contributed by atoms with Gasteiger partial charge in [-0.2, -0.15) is 0 Å². The molecule has 0 saturated carbocycles. The minimum Gasteiger partial charge on any atom is -0.494 e. The van der Waals surface area contributed by atoms with E-state index in [1.165, 1.54) is 5.56 Å². The molecule has 0 heterocycles. The smallest absolute Gasteiger partial charge is 0.119 e. The molecular weight excluding hydrogens is 268 g/mol. The quantitative estimate of drug-likeness (QED) is 0.453. The number of para-hydroxylation sites is 1. The Balaban J connectivity index is 1.56. The van der Waals surface area contributed by atoms with E-state index in [-0.39, 0.29) is 5.38 Å². The number of hydrogen-bond donors (Lipinski definition) is 0. The summed E-state index contributed by atoms with van der Waals surface area (Å²) in [6, 6.07) is 20.3. The van der Waals surface area contributed by atoms with E-state index in [4.69, 9.17) is 16.3 Å². The van der Waals surface area contributed by atoms with Gasteiger partial charge in [0.05, 0.1) is 12.0 Å². The Labute approximate surface area is 126 Å². The summed E-state index contributed by atoms with van der Waals surface area (Å²) in [5.74, 6) is 0.951. The molecule has 1 nitrogen and oxygen atoms in total. The molecule has 0 radical (unpaired) electrons. The molecule has 0 aromatic heterocycles. The van der Waals surface area contributed by atoms with Crippen LogP contribution in [0, 0.1) is 0 Å². The summed E-state index contributed by atoms with van der Waals surface area (Å²) < 4.78 is 5.66. The van der Waals surface area contributed by atoms with E-state index in [9.17, 15) is 0 Å². The summed E-state index contributed by atoms with van der Waals surface area (Å²) in [7, 11) is 0. The van der Waals surface area contributed by atoms with Crippen molar-refractivity contribution in [1.29, 1.82) is 0 Å². The number of rotatable bonds is 8. The third kappa shape index (κ3) is 5.26. The molecule has 1 atom stereocenters. The van der Waals surface area contributed by atoms with E-state index in [1.807, 2.05) is 48.5 Å². The summed E-state index contributed by atoms with van der Waals surface area (Å²) in [6.07, 6.45) is 4.40. The van der Waals surface area contributed by atoms with Crippen LogP contribution in [0.4, 0.5) is 0 Å². The Morgan fingerprint density at radius 1 is 0.800 bits per heavy atom. The zero-order valence-electron chi connectivity index (χ0n) is 11.7. The Bertz CT molecular complexity index is 469. The molecule has 0 aliphatic rings. The number of unbranched alkanes of at least 4 members (excludes halogenated alkanes) is 2. The van der Waals surface area contributed by atoms with Crippen molar-refractivity contribution in [2.45, 2.75) is 31.1 Å². The molecule has 2 rings (SSSR count). The fraction of sp³-hybridized carbons (Fsp3) is 0.333. The van der Waals surface area contributed by atoms with Crippen LogP contribution < -0.4 is 4.74 Å². The fourth-order valence-electron chi connectivity index (χ4n) is 2.14. The van der Waals surface area contributed by atoms with Gasteiger partial charge in [-0.1, -0.05) is 61.4 Å². The van der Waals surface area contributed by atoms with Crippen molar-refractivity contribution < 1.29 is 4.74 Å². The lowest BCUT2D eigenvalue weighted by molar-refractivity contribution is 0.304. The molecular formula is C18H21ClO. The molecule has 0 fully saturated rings. The van der Waals surface area contributed by atoms with Crippen LogP contribution in [0.5, 0.6) is 5.75 Å². The molecule has 0 amide bonds. The normalized spacial score (nSPS) is 12.1. The SMILES string of the molecule is ClC(CCCCCOc1ccccc1)c1ccccc1. The second-order valence-electron chi connectivity index (χ2n) is 4.89. The van der Waals surface area contributed by atoms with E-state index >= 15 is 0 Å².